The van der Waals surface area contributed by atoms with Gasteiger partial charge in [0.15, 0.2) is 0 Å². The Hall–Kier alpha value is -0.920. The fourth-order valence-corrected chi connectivity index (χ4v) is 4.26. The molecule has 1 unspecified atom stereocenters. The zero-order valence-electron chi connectivity index (χ0n) is 16.2. The Morgan fingerprint density at radius 1 is 1.41 bits per heavy atom. The summed E-state index contributed by atoms with van der Waals surface area (Å²) in [6, 6.07) is 3.92. The van der Waals surface area contributed by atoms with Crippen molar-refractivity contribution in [2.45, 2.75) is 31.8 Å². The van der Waals surface area contributed by atoms with Crippen LogP contribution in [0.1, 0.15) is 24.8 Å². The van der Waals surface area contributed by atoms with Crippen LogP contribution in [0.5, 0.6) is 0 Å². The van der Waals surface area contributed by atoms with Crippen molar-refractivity contribution in [2.24, 2.45) is 5.41 Å². The molecule has 6 nitrogen and oxygen atoms in total. The van der Waals surface area contributed by atoms with Crippen LogP contribution in [-0.4, -0.2) is 73.7 Å². The first-order valence-corrected chi connectivity index (χ1v) is 9.21. The number of amides is 1. The highest BCUT2D eigenvalue weighted by atomic mass is 35.5. The normalized spacial score (nSPS) is 21.3. The first-order chi connectivity index (χ1) is 12.1. The second-order valence-corrected chi connectivity index (χ2v) is 7.50. The fraction of sp³-hybridized carbons (Fsp3) is 0.684. The summed E-state index contributed by atoms with van der Waals surface area (Å²) in [6.07, 6.45) is 6.90. The number of likely N-dealkylation sites (tertiary alicyclic amines) is 1. The molecule has 1 atom stereocenters. The maximum atomic E-state index is 13.3. The molecule has 2 saturated heterocycles. The van der Waals surface area contributed by atoms with Crippen molar-refractivity contribution in [1.29, 1.82) is 0 Å². The van der Waals surface area contributed by atoms with Gasteiger partial charge in [0.05, 0.1) is 12.6 Å². The summed E-state index contributed by atoms with van der Waals surface area (Å²) in [5, 5.41) is 3.44. The Kier molecular flexibility index (Phi) is 9.98. The molecule has 27 heavy (non-hydrogen) atoms. The van der Waals surface area contributed by atoms with Crippen molar-refractivity contribution in [2.75, 3.05) is 46.9 Å². The van der Waals surface area contributed by atoms with E-state index in [1.165, 1.54) is 12.8 Å². The zero-order chi connectivity index (χ0) is 17.7. The third-order valence-corrected chi connectivity index (χ3v) is 5.67. The van der Waals surface area contributed by atoms with Gasteiger partial charge in [-0.25, -0.2) is 0 Å². The molecule has 0 saturated carbocycles. The summed E-state index contributed by atoms with van der Waals surface area (Å²) in [6.45, 7) is 4.92. The van der Waals surface area contributed by atoms with E-state index in [-0.39, 0.29) is 36.8 Å². The SMILES string of the molecule is COCCN(Cc1cccnc1)C(=O)C1CC2(CCNCC2)CN1C.Cl.Cl. The van der Waals surface area contributed by atoms with Gasteiger partial charge in [0, 0.05) is 39.1 Å². The smallest absolute Gasteiger partial charge is 0.240 e. The molecule has 1 spiro atoms. The van der Waals surface area contributed by atoms with Crippen LogP contribution < -0.4 is 5.32 Å². The van der Waals surface area contributed by atoms with E-state index < -0.39 is 0 Å². The second-order valence-electron chi connectivity index (χ2n) is 7.50. The molecule has 154 valence electrons. The highest BCUT2D eigenvalue weighted by Gasteiger charge is 2.46. The number of likely N-dealkylation sites (N-methyl/N-ethyl adjacent to an activating group) is 1. The molecule has 8 heteroatoms. The number of carbonyl (C=O) groups excluding carboxylic acids is 1. The average molecular weight is 419 g/mol. The molecule has 3 heterocycles. The van der Waals surface area contributed by atoms with Gasteiger partial charge < -0.3 is 15.0 Å². The van der Waals surface area contributed by atoms with Crippen molar-refractivity contribution in [3.8, 4) is 0 Å². The maximum Gasteiger partial charge on any atom is 0.240 e. The Labute approximate surface area is 174 Å². The number of halogens is 2. The van der Waals surface area contributed by atoms with Gasteiger partial charge in [0.25, 0.3) is 0 Å². The summed E-state index contributed by atoms with van der Waals surface area (Å²) in [5.74, 6) is 0.221. The molecule has 2 aliphatic heterocycles. The van der Waals surface area contributed by atoms with Crippen LogP contribution in [0.15, 0.2) is 24.5 Å². The van der Waals surface area contributed by atoms with Gasteiger partial charge in [-0.05, 0) is 56.4 Å². The molecule has 0 aromatic carbocycles. The molecule has 0 bridgehead atoms. The third kappa shape index (κ3) is 6.03. The van der Waals surface area contributed by atoms with Crippen molar-refractivity contribution < 1.29 is 9.53 Å². The van der Waals surface area contributed by atoms with Crippen molar-refractivity contribution in [3.05, 3.63) is 30.1 Å². The number of hydrogen-bond acceptors (Lipinski definition) is 5. The largest absolute Gasteiger partial charge is 0.383 e. The number of hydrogen-bond donors (Lipinski definition) is 1. The third-order valence-electron chi connectivity index (χ3n) is 5.67. The second kappa shape index (κ2) is 11.2. The lowest BCUT2D eigenvalue weighted by atomic mass is 9.77. The van der Waals surface area contributed by atoms with Gasteiger partial charge in [-0.3, -0.25) is 14.7 Å². The lowest BCUT2D eigenvalue weighted by Crippen LogP contribution is -2.45. The minimum absolute atomic E-state index is 0. The number of methoxy groups -OCH3 is 1. The Morgan fingerprint density at radius 2 is 2.15 bits per heavy atom. The summed E-state index contributed by atoms with van der Waals surface area (Å²) in [7, 11) is 3.77. The van der Waals surface area contributed by atoms with E-state index in [0.717, 1.165) is 31.6 Å². The highest BCUT2D eigenvalue weighted by Crippen LogP contribution is 2.41. The average Bonchev–Trinajstić information content (AvgIpc) is 2.95. The van der Waals surface area contributed by atoms with Gasteiger partial charge >= 0.3 is 0 Å². The van der Waals surface area contributed by atoms with E-state index in [0.29, 0.717) is 25.1 Å². The number of carbonyl (C=O) groups is 1. The van der Waals surface area contributed by atoms with Gasteiger partial charge in [-0.15, -0.1) is 24.8 Å². The van der Waals surface area contributed by atoms with Crippen LogP contribution in [-0.2, 0) is 16.1 Å². The molecule has 2 aliphatic rings. The quantitative estimate of drug-likeness (QED) is 0.764. The van der Waals surface area contributed by atoms with Crippen molar-refractivity contribution in [1.82, 2.24) is 20.1 Å². The molecular formula is C19H32Cl2N4O2. The van der Waals surface area contributed by atoms with E-state index in [4.69, 9.17) is 4.74 Å². The molecule has 0 aliphatic carbocycles. The molecule has 1 N–H and O–H groups in total. The number of nitrogens with one attached hydrogen (secondary N) is 1. The van der Waals surface area contributed by atoms with Crippen LogP contribution in [0.4, 0.5) is 0 Å². The number of pyridine rings is 1. The molecule has 0 radical (unpaired) electrons. The number of ether oxygens (including phenoxy) is 1. The van der Waals surface area contributed by atoms with Gasteiger partial charge in [-0.2, -0.15) is 0 Å². The number of rotatable bonds is 6. The number of nitrogens with zero attached hydrogens (tertiary/aromatic N) is 3. The fourth-order valence-electron chi connectivity index (χ4n) is 4.26. The Bertz CT molecular complexity index is 570. The first-order valence-electron chi connectivity index (χ1n) is 9.21. The van der Waals surface area contributed by atoms with Gasteiger partial charge in [-0.1, -0.05) is 6.07 Å². The lowest BCUT2D eigenvalue weighted by molar-refractivity contribution is -0.137. The minimum Gasteiger partial charge on any atom is -0.383 e. The van der Waals surface area contributed by atoms with Crippen LogP contribution in [0.3, 0.4) is 0 Å². The minimum atomic E-state index is -0.0216. The maximum absolute atomic E-state index is 13.3. The molecule has 1 aromatic heterocycles. The summed E-state index contributed by atoms with van der Waals surface area (Å²) in [5.41, 5.74) is 1.37. The summed E-state index contributed by atoms with van der Waals surface area (Å²) < 4.78 is 5.23. The number of aromatic nitrogens is 1. The van der Waals surface area contributed by atoms with E-state index in [1.54, 1.807) is 13.3 Å². The molecule has 1 amide bonds. The summed E-state index contributed by atoms with van der Waals surface area (Å²) in [4.78, 5) is 21.6. The standard InChI is InChI=1S/C19H30N4O2.2ClH/c1-22-15-19(5-8-20-9-6-19)12-17(22)18(24)23(10-11-25-2)14-16-4-3-7-21-13-16;;/h3-4,7,13,17,20H,5-6,8-12,14-15H2,1-2H3;2*1H. The lowest BCUT2D eigenvalue weighted by Gasteiger charge is -2.33. The van der Waals surface area contributed by atoms with Crippen LogP contribution in [0.25, 0.3) is 0 Å². The number of piperidine rings is 1. The molecule has 3 rings (SSSR count). The molecular weight excluding hydrogens is 387 g/mol. The monoisotopic (exact) mass is 418 g/mol. The van der Waals surface area contributed by atoms with E-state index >= 15 is 0 Å². The van der Waals surface area contributed by atoms with Gasteiger partial charge in [0.1, 0.15) is 0 Å². The van der Waals surface area contributed by atoms with E-state index in [1.807, 2.05) is 23.2 Å². The first kappa shape index (κ1) is 24.1. The van der Waals surface area contributed by atoms with Crippen LogP contribution >= 0.6 is 24.8 Å². The predicted octanol–water partition coefficient (Wildman–Crippen LogP) is 1.97. The molecule has 1 aromatic rings. The Morgan fingerprint density at radius 3 is 2.78 bits per heavy atom. The predicted molar refractivity (Wildman–Crippen MR) is 112 cm³/mol. The highest BCUT2D eigenvalue weighted by molar-refractivity contribution is 5.85. The summed E-state index contributed by atoms with van der Waals surface area (Å²) >= 11 is 0. The van der Waals surface area contributed by atoms with E-state index in [2.05, 4.69) is 22.2 Å². The van der Waals surface area contributed by atoms with Crippen LogP contribution in [0, 0.1) is 5.41 Å². The Balaban J connectivity index is 0.00000182. The zero-order valence-corrected chi connectivity index (χ0v) is 17.9. The van der Waals surface area contributed by atoms with Crippen molar-refractivity contribution in [3.63, 3.8) is 0 Å². The molecule has 2 fully saturated rings. The van der Waals surface area contributed by atoms with Crippen LogP contribution in [0.2, 0.25) is 0 Å². The topological polar surface area (TPSA) is 57.7 Å². The van der Waals surface area contributed by atoms with E-state index in [9.17, 15) is 4.79 Å². The van der Waals surface area contributed by atoms with Crippen molar-refractivity contribution >= 4 is 30.7 Å². The van der Waals surface area contributed by atoms with Gasteiger partial charge in [0.2, 0.25) is 5.91 Å².